The van der Waals surface area contributed by atoms with E-state index in [-0.39, 0.29) is 11.7 Å². The second-order valence-electron chi connectivity index (χ2n) is 4.41. The minimum Gasteiger partial charge on any atom is -0.294 e. The number of hydrogen-bond donors (Lipinski definition) is 0. The minimum absolute atomic E-state index is 0.272. The molecule has 0 aliphatic heterocycles. The molecule has 18 heavy (non-hydrogen) atoms. The van der Waals surface area contributed by atoms with Crippen molar-refractivity contribution in [2.75, 3.05) is 6.54 Å². The Morgan fingerprint density at radius 1 is 1.39 bits per heavy atom. The van der Waals surface area contributed by atoms with Gasteiger partial charge in [-0.2, -0.15) is 0 Å². The molecule has 1 fully saturated rings. The van der Waals surface area contributed by atoms with Crippen LogP contribution in [0.15, 0.2) is 35.5 Å². The lowest BCUT2D eigenvalue weighted by Gasteiger charge is -1.99. The third kappa shape index (κ3) is 3.47. The number of carbonyl (C=O) groups is 1. The van der Waals surface area contributed by atoms with Crippen LogP contribution in [-0.4, -0.2) is 12.3 Å². The quantitative estimate of drug-likeness (QED) is 0.244. The number of benzene rings is 1. The molecule has 4 heteroatoms. The number of rotatable bonds is 6. The zero-order chi connectivity index (χ0) is 12.8. The molecule has 0 N–H and O–H groups in total. The van der Waals surface area contributed by atoms with E-state index in [2.05, 4.69) is 10.0 Å². The van der Waals surface area contributed by atoms with Gasteiger partial charge in [-0.15, -0.1) is 0 Å². The first-order valence-electron chi connectivity index (χ1n) is 6.13. The van der Waals surface area contributed by atoms with Crippen molar-refractivity contribution in [1.82, 2.24) is 0 Å². The van der Waals surface area contributed by atoms with Crippen molar-refractivity contribution in [2.24, 2.45) is 11.0 Å². The topological polar surface area (TPSA) is 65.8 Å². The number of Topliss-reactive ketones (excluding diaryl/α,β-unsaturated/α-hetero) is 1. The molecule has 1 aromatic rings. The van der Waals surface area contributed by atoms with Crippen LogP contribution in [0.4, 0.5) is 0 Å². The molecule has 0 atom stereocenters. The van der Waals surface area contributed by atoms with Crippen LogP contribution in [0, 0.1) is 5.92 Å². The SMILES string of the molecule is [N-]=[N+]=NCCC=Cc1ccc(C(=O)C2CC2)cc1. The van der Waals surface area contributed by atoms with Gasteiger partial charge in [0.1, 0.15) is 0 Å². The monoisotopic (exact) mass is 241 g/mol. The lowest BCUT2D eigenvalue weighted by atomic mass is 10.0. The van der Waals surface area contributed by atoms with Crippen molar-refractivity contribution >= 4 is 11.9 Å². The van der Waals surface area contributed by atoms with Gasteiger partial charge in [-0.3, -0.25) is 4.79 Å². The van der Waals surface area contributed by atoms with E-state index in [9.17, 15) is 4.79 Å². The Morgan fingerprint density at radius 2 is 2.11 bits per heavy atom. The molecule has 0 bridgehead atoms. The molecule has 1 aromatic carbocycles. The molecule has 1 saturated carbocycles. The molecule has 0 heterocycles. The van der Waals surface area contributed by atoms with Crippen molar-refractivity contribution in [3.8, 4) is 0 Å². The predicted molar refractivity (Wildman–Crippen MR) is 71.2 cm³/mol. The highest BCUT2D eigenvalue weighted by Gasteiger charge is 2.30. The van der Waals surface area contributed by atoms with E-state index in [1.165, 1.54) is 0 Å². The van der Waals surface area contributed by atoms with Crippen LogP contribution in [0.2, 0.25) is 0 Å². The second kappa shape index (κ2) is 6.03. The molecule has 0 aromatic heterocycles. The normalized spacial score (nSPS) is 14.4. The summed E-state index contributed by atoms with van der Waals surface area (Å²) >= 11 is 0. The molecule has 4 nitrogen and oxygen atoms in total. The third-order valence-corrected chi connectivity index (χ3v) is 2.91. The van der Waals surface area contributed by atoms with Crippen molar-refractivity contribution in [2.45, 2.75) is 19.3 Å². The van der Waals surface area contributed by atoms with Crippen LogP contribution >= 0.6 is 0 Å². The van der Waals surface area contributed by atoms with Crippen molar-refractivity contribution in [1.29, 1.82) is 0 Å². The average Bonchev–Trinajstić information content (AvgIpc) is 3.23. The van der Waals surface area contributed by atoms with Crippen LogP contribution in [0.25, 0.3) is 16.5 Å². The van der Waals surface area contributed by atoms with Gasteiger partial charge in [-0.05, 0) is 30.4 Å². The summed E-state index contributed by atoms with van der Waals surface area (Å²) in [7, 11) is 0. The highest BCUT2D eigenvalue weighted by molar-refractivity contribution is 5.99. The predicted octanol–water partition coefficient (Wildman–Crippen LogP) is 3.99. The van der Waals surface area contributed by atoms with Gasteiger partial charge in [0.2, 0.25) is 0 Å². The Kier molecular flexibility index (Phi) is 4.15. The molecule has 0 amide bonds. The Balaban J connectivity index is 1.90. The number of carbonyl (C=O) groups excluding carboxylic acids is 1. The Hall–Kier alpha value is -2.06. The largest absolute Gasteiger partial charge is 0.294 e. The van der Waals surface area contributed by atoms with Crippen LogP contribution in [0.1, 0.15) is 35.2 Å². The lowest BCUT2D eigenvalue weighted by molar-refractivity contribution is 0.0967. The number of azide groups is 1. The van der Waals surface area contributed by atoms with Gasteiger partial charge in [0, 0.05) is 22.9 Å². The number of hydrogen-bond acceptors (Lipinski definition) is 2. The third-order valence-electron chi connectivity index (χ3n) is 2.91. The summed E-state index contributed by atoms with van der Waals surface area (Å²) in [6.45, 7) is 0.477. The van der Waals surface area contributed by atoms with E-state index in [0.29, 0.717) is 6.54 Å². The maximum atomic E-state index is 11.8. The maximum absolute atomic E-state index is 11.8. The molecule has 2 rings (SSSR count). The second-order valence-corrected chi connectivity index (χ2v) is 4.41. The first kappa shape index (κ1) is 12.4. The maximum Gasteiger partial charge on any atom is 0.165 e. The summed E-state index contributed by atoms with van der Waals surface area (Å²) in [5.41, 5.74) is 9.98. The fourth-order valence-corrected chi connectivity index (χ4v) is 1.74. The van der Waals surface area contributed by atoms with Gasteiger partial charge in [-0.1, -0.05) is 41.5 Å². The first-order chi connectivity index (χ1) is 8.81. The van der Waals surface area contributed by atoms with E-state index < -0.39 is 0 Å². The van der Waals surface area contributed by atoms with Gasteiger partial charge >= 0.3 is 0 Å². The minimum atomic E-state index is 0.272. The molecule has 0 unspecified atom stereocenters. The van der Waals surface area contributed by atoms with E-state index in [1.54, 1.807) is 0 Å². The van der Waals surface area contributed by atoms with Gasteiger partial charge in [-0.25, -0.2) is 0 Å². The molecular formula is C14H15N3O. The highest BCUT2D eigenvalue weighted by atomic mass is 16.1. The molecule has 1 aliphatic carbocycles. The van der Waals surface area contributed by atoms with Crippen LogP contribution in [0.3, 0.4) is 0 Å². The van der Waals surface area contributed by atoms with Gasteiger partial charge in [0.25, 0.3) is 0 Å². The summed E-state index contributed by atoms with van der Waals surface area (Å²) < 4.78 is 0. The zero-order valence-electron chi connectivity index (χ0n) is 10.1. The van der Waals surface area contributed by atoms with E-state index >= 15 is 0 Å². The van der Waals surface area contributed by atoms with Gasteiger partial charge in [0.15, 0.2) is 5.78 Å². The number of ketones is 1. The standard InChI is InChI=1S/C14H15N3O/c15-17-16-10-2-1-3-11-4-6-12(7-5-11)14(18)13-8-9-13/h1,3-7,13H,2,8-10H2. The zero-order valence-corrected chi connectivity index (χ0v) is 10.1. The average molecular weight is 241 g/mol. The molecule has 1 aliphatic rings. The Labute approximate surface area is 106 Å². The van der Waals surface area contributed by atoms with Crippen molar-refractivity contribution in [3.05, 3.63) is 51.9 Å². The lowest BCUT2D eigenvalue weighted by Crippen LogP contribution is -2.00. The fraction of sp³-hybridized carbons (Fsp3) is 0.357. The summed E-state index contributed by atoms with van der Waals surface area (Å²) in [6.07, 6.45) is 6.75. The van der Waals surface area contributed by atoms with Crippen molar-refractivity contribution in [3.63, 3.8) is 0 Å². The van der Waals surface area contributed by atoms with Gasteiger partial charge in [0.05, 0.1) is 0 Å². The van der Waals surface area contributed by atoms with Gasteiger partial charge < -0.3 is 0 Å². The molecule has 0 radical (unpaired) electrons. The number of nitrogens with zero attached hydrogens (tertiary/aromatic N) is 3. The fourth-order valence-electron chi connectivity index (χ4n) is 1.74. The summed E-state index contributed by atoms with van der Waals surface area (Å²) in [5, 5.41) is 3.45. The van der Waals surface area contributed by atoms with E-state index in [0.717, 1.165) is 30.4 Å². The Bertz CT molecular complexity index is 494. The molecule has 0 saturated heterocycles. The van der Waals surface area contributed by atoms with Crippen LogP contribution < -0.4 is 0 Å². The van der Waals surface area contributed by atoms with Crippen molar-refractivity contribution < 1.29 is 4.79 Å². The Morgan fingerprint density at radius 3 is 2.72 bits per heavy atom. The van der Waals surface area contributed by atoms with Crippen LogP contribution in [0.5, 0.6) is 0 Å². The van der Waals surface area contributed by atoms with E-state index in [4.69, 9.17) is 5.53 Å². The van der Waals surface area contributed by atoms with E-state index in [1.807, 2.05) is 36.4 Å². The molecule has 92 valence electrons. The summed E-state index contributed by atoms with van der Waals surface area (Å²) in [6, 6.07) is 7.65. The molecular weight excluding hydrogens is 226 g/mol. The smallest absolute Gasteiger partial charge is 0.165 e. The summed E-state index contributed by atoms with van der Waals surface area (Å²) in [4.78, 5) is 14.5. The first-order valence-corrected chi connectivity index (χ1v) is 6.13. The summed E-state index contributed by atoms with van der Waals surface area (Å²) in [5.74, 6) is 0.545. The molecule has 0 spiro atoms. The van der Waals surface area contributed by atoms with Crippen LogP contribution in [-0.2, 0) is 0 Å². The highest BCUT2D eigenvalue weighted by Crippen LogP contribution is 2.32.